The summed E-state index contributed by atoms with van der Waals surface area (Å²) in [5.41, 5.74) is 7.36. The Labute approximate surface area is 125 Å². The summed E-state index contributed by atoms with van der Waals surface area (Å²) in [6.07, 6.45) is 2.50. The molecule has 0 bridgehead atoms. The van der Waals surface area contributed by atoms with Crippen molar-refractivity contribution >= 4 is 34.5 Å². The molecular weight excluding hydrogens is 278 g/mol. The molecule has 5 heteroatoms. The van der Waals surface area contributed by atoms with Crippen LogP contribution >= 0.6 is 23.8 Å². The highest BCUT2D eigenvalue weighted by Crippen LogP contribution is 2.22. The van der Waals surface area contributed by atoms with Crippen molar-refractivity contribution in [2.75, 3.05) is 32.0 Å². The average Bonchev–Trinajstić information content (AvgIpc) is 2.37. The summed E-state index contributed by atoms with van der Waals surface area (Å²) in [7, 11) is 2.18. The van der Waals surface area contributed by atoms with Crippen LogP contribution in [0.1, 0.15) is 18.4 Å². The lowest BCUT2D eigenvalue weighted by molar-refractivity contribution is 0.226. The second-order valence-corrected chi connectivity index (χ2v) is 6.03. The Hall–Kier alpha value is -0.840. The van der Waals surface area contributed by atoms with Crippen LogP contribution in [0.5, 0.6) is 0 Å². The number of rotatable bonds is 4. The second kappa shape index (κ2) is 6.55. The molecule has 3 nitrogen and oxygen atoms in total. The number of likely N-dealkylation sites (tertiary alicyclic amines) is 1. The lowest BCUT2D eigenvalue weighted by Gasteiger charge is -2.29. The highest BCUT2D eigenvalue weighted by molar-refractivity contribution is 7.80. The molecule has 3 N–H and O–H groups in total. The van der Waals surface area contributed by atoms with Crippen molar-refractivity contribution in [3.05, 3.63) is 28.8 Å². The lowest BCUT2D eigenvalue weighted by Crippen LogP contribution is -2.32. The van der Waals surface area contributed by atoms with E-state index in [1.165, 1.54) is 25.9 Å². The molecule has 1 aliphatic rings. The summed E-state index contributed by atoms with van der Waals surface area (Å²) in [4.78, 5) is 2.72. The minimum Gasteiger partial charge on any atom is -0.389 e. The summed E-state index contributed by atoms with van der Waals surface area (Å²) >= 11 is 11.1. The van der Waals surface area contributed by atoms with E-state index in [0.29, 0.717) is 10.0 Å². The fourth-order valence-electron chi connectivity index (χ4n) is 2.35. The molecule has 1 fully saturated rings. The smallest absolute Gasteiger partial charge is 0.105 e. The zero-order valence-electron chi connectivity index (χ0n) is 11.2. The number of anilines is 1. The molecular formula is C14H20ClN3S. The zero-order valence-corrected chi connectivity index (χ0v) is 12.7. The normalized spacial score (nSPS) is 17.4. The standard InChI is InChI=1S/C14H20ClN3S/c1-18-6-4-10(5-7-18)9-17-11-2-3-12(14(16)19)13(15)8-11/h2-3,8,10,17H,4-7,9H2,1H3,(H2,16,19). The van der Waals surface area contributed by atoms with Crippen molar-refractivity contribution in [2.24, 2.45) is 11.7 Å². The highest BCUT2D eigenvalue weighted by atomic mass is 35.5. The molecule has 0 radical (unpaired) electrons. The van der Waals surface area contributed by atoms with E-state index < -0.39 is 0 Å². The first-order valence-corrected chi connectivity index (χ1v) is 7.36. The third-order valence-electron chi connectivity index (χ3n) is 3.67. The summed E-state index contributed by atoms with van der Waals surface area (Å²) in [6, 6.07) is 5.75. The number of halogens is 1. The van der Waals surface area contributed by atoms with Crippen LogP contribution in [0.2, 0.25) is 5.02 Å². The van der Waals surface area contributed by atoms with Crippen molar-refractivity contribution in [3.8, 4) is 0 Å². The fraction of sp³-hybridized carbons (Fsp3) is 0.500. The first kappa shape index (κ1) is 14.6. The molecule has 104 valence electrons. The topological polar surface area (TPSA) is 41.3 Å². The number of thiocarbonyl (C=S) groups is 1. The van der Waals surface area contributed by atoms with Crippen LogP contribution in [0, 0.1) is 5.92 Å². The van der Waals surface area contributed by atoms with Crippen molar-refractivity contribution < 1.29 is 0 Å². The Morgan fingerprint density at radius 1 is 1.47 bits per heavy atom. The average molecular weight is 298 g/mol. The van der Waals surface area contributed by atoms with Gasteiger partial charge in [0, 0.05) is 17.8 Å². The van der Waals surface area contributed by atoms with Crippen molar-refractivity contribution in [2.45, 2.75) is 12.8 Å². The van der Waals surface area contributed by atoms with E-state index in [0.717, 1.165) is 23.7 Å². The molecule has 19 heavy (non-hydrogen) atoms. The Bertz CT molecular complexity index is 456. The maximum absolute atomic E-state index is 6.15. The molecule has 0 saturated carbocycles. The summed E-state index contributed by atoms with van der Waals surface area (Å²) in [6.45, 7) is 3.37. The largest absolute Gasteiger partial charge is 0.389 e. The molecule has 1 aliphatic heterocycles. The minimum atomic E-state index is 0.340. The van der Waals surface area contributed by atoms with Gasteiger partial charge in [-0.05, 0) is 57.1 Å². The quantitative estimate of drug-likeness (QED) is 0.839. The second-order valence-electron chi connectivity index (χ2n) is 5.19. The van der Waals surface area contributed by atoms with E-state index in [1.807, 2.05) is 18.2 Å². The Balaban J connectivity index is 1.89. The van der Waals surface area contributed by atoms with E-state index in [9.17, 15) is 0 Å². The van der Waals surface area contributed by atoms with E-state index in [2.05, 4.69) is 17.3 Å². The molecule has 0 atom stereocenters. The van der Waals surface area contributed by atoms with Gasteiger partial charge in [0.1, 0.15) is 4.99 Å². The summed E-state index contributed by atoms with van der Waals surface area (Å²) in [5, 5.41) is 4.06. The van der Waals surface area contributed by atoms with E-state index in [1.54, 1.807) is 0 Å². The third kappa shape index (κ3) is 4.06. The van der Waals surface area contributed by atoms with Crippen molar-refractivity contribution in [1.82, 2.24) is 4.90 Å². The highest BCUT2D eigenvalue weighted by Gasteiger charge is 2.16. The number of nitrogens with zero attached hydrogens (tertiary/aromatic N) is 1. The zero-order chi connectivity index (χ0) is 13.8. The van der Waals surface area contributed by atoms with Gasteiger partial charge >= 0.3 is 0 Å². The van der Waals surface area contributed by atoms with Gasteiger partial charge in [-0.25, -0.2) is 0 Å². The van der Waals surface area contributed by atoms with Crippen molar-refractivity contribution in [3.63, 3.8) is 0 Å². The Morgan fingerprint density at radius 3 is 2.74 bits per heavy atom. The summed E-state index contributed by atoms with van der Waals surface area (Å²) in [5.74, 6) is 0.741. The number of hydrogen-bond acceptors (Lipinski definition) is 3. The van der Waals surface area contributed by atoms with Crippen LogP contribution in [-0.2, 0) is 0 Å². The molecule has 0 spiro atoms. The van der Waals surface area contributed by atoms with Gasteiger partial charge in [0.25, 0.3) is 0 Å². The van der Waals surface area contributed by atoms with E-state index in [4.69, 9.17) is 29.6 Å². The third-order valence-corrected chi connectivity index (χ3v) is 4.20. The molecule has 0 aliphatic carbocycles. The molecule has 1 saturated heterocycles. The first-order chi connectivity index (χ1) is 9.06. The molecule has 0 unspecified atom stereocenters. The predicted molar refractivity (Wildman–Crippen MR) is 86.1 cm³/mol. The van der Waals surface area contributed by atoms with Gasteiger partial charge in [0.2, 0.25) is 0 Å². The van der Waals surface area contributed by atoms with Gasteiger partial charge in [-0.15, -0.1) is 0 Å². The Kier molecular flexibility index (Phi) is 5.02. The van der Waals surface area contributed by atoms with Gasteiger partial charge in [-0.3, -0.25) is 0 Å². The fourth-order valence-corrected chi connectivity index (χ4v) is 2.87. The maximum Gasteiger partial charge on any atom is 0.105 e. The minimum absolute atomic E-state index is 0.340. The molecule has 0 aromatic heterocycles. The van der Waals surface area contributed by atoms with Gasteiger partial charge in [-0.1, -0.05) is 23.8 Å². The van der Waals surface area contributed by atoms with Crippen LogP contribution in [0.4, 0.5) is 5.69 Å². The monoisotopic (exact) mass is 297 g/mol. The first-order valence-electron chi connectivity index (χ1n) is 6.58. The maximum atomic E-state index is 6.15. The lowest BCUT2D eigenvalue weighted by atomic mass is 9.97. The van der Waals surface area contributed by atoms with Gasteiger partial charge in [0.15, 0.2) is 0 Å². The van der Waals surface area contributed by atoms with E-state index in [-0.39, 0.29) is 0 Å². The van der Waals surface area contributed by atoms with Crippen LogP contribution in [0.15, 0.2) is 18.2 Å². The number of nitrogens with one attached hydrogen (secondary N) is 1. The number of hydrogen-bond donors (Lipinski definition) is 2. The summed E-state index contributed by atoms with van der Waals surface area (Å²) < 4.78 is 0. The molecule has 2 rings (SSSR count). The number of benzene rings is 1. The van der Waals surface area contributed by atoms with E-state index >= 15 is 0 Å². The molecule has 1 heterocycles. The van der Waals surface area contributed by atoms with Crippen LogP contribution in [0.3, 0.4) is 0 Å². The van der Waals surface area contributed by atoms with Crippen LogP contribution in [-0.4, -0.2) is 36.6 Å². The Morgan fingerprint density at radius 2 is 2.16 bits per heavy atom. The molecule has 1 aromatic rings. The van der Waals surface area contributed by atoms with Gasteiger partial charge in [0.05, 0.1) is 5.02 Å². The molecule has 0 amide bonds. The molecule has 1 aromatic carbocycles. The number of piperidine rings is 1. The van der Waals surface area contributed by atoms with Crippen LogP contribution < -0.4 is 11.1 Å². The van der Waals surface area contributed by atoms with Gasteiger partial charge < -0.3 is 16.0 Å². The predicted octanol–water partition coefficient (Wildman–Crippen LogP) is 2.73. The van der Waals surface area contributed by atoms with Gasteiger partial charge in [-0.2, -0.15) is 0 Å². The number of nitrogens with two attached hydrogens (primary N) is 1. The SMILES string of the molecule is CN1CCC(CNc2ccc(C(N)=S)c(Cl)c2)CC1. The van der Waals surface area contributed by atoms with Crippen LogP contribution in [0.25, 0.3) is 0 Å². The van der Waals surface area contributed by atoms with Crippen molar-refractivity contribution in [1.29, 1.82) is 0 Å².